The van der Waals surface area contributed by atoms with Crippen LogP contribution in [0.1, 0.15) is 0 Å². The number of hydrogen-bond acceptors (Lipinski definition) is 3. The molecule has 0 saturated heterocycles. The maximum atomic E-state index is 11.3. The van der Waals surface area contributed by atoms with E-state index in [0.29, 0.717) is 0 Å². The van der Waals surface area contributed by atoms with Crippen molar-refractivity contribution in [2.24, 2.45) is 0 Å². The SMILES string of the molecule is CN1C(=O)C(Br)C(C(=O)O)=[N+](C)C1=O. The summed E-state index contributed by atoms with van der Waals surface area (Å²) in [6, 6.07) is -0.650. The van der Waals surface area contributed by atoms with Crippen LogP contribution in [0.3, 0.4) is 0 Å². The Morgan fingerprint density at radius 1 is 1.57 bits per heavy atom. The third-order valence-corrected chi connectivity index (χ3v) is 2.77. The van der Waals surface area contributed by atoms with Crippen molar-refractivity contribution in [1.82, 2.24) is 4.90 Å². The molecule has 3 amide bonds. The molecule has 1 atom stereocenters. The van der Waals surface area contributed by atoms with E-state index in [1.165, 1.54) is 14.1 Å². The second-order valence-electron chi connectivity index (χ2n) is 2.79. The summed E-state index contributed by atoms with van der Waals surface area (Å²) < 4.78 is 0.934. The van der Waals surface area contributed by atoms with Gasteiger partial charge in [0.15, 0.2) is 4.83 Å². The van der Waals surface area contributed by atoms with Crippen molar-refractivity contribution < 1.29 is 24.1 Å². The quantitative estimate of drug-likeness (QED) is 0.512. The minimum absolute atomic E-state index is 0.266. The standard InChI is InChI=1S/C7H7BrN2O4/c1-9-4(6(12)13)3(8)5(11)10(2)7(9)14/h3H,1-2H3/p+1. The van der Waals surface area contributed by atoms with Crippen molar-refractivity contribution in [1.29, 1.82) is 0 Å². The number of rotatable bonds is 1. The van der Waals surface area contributed by atoms with E-state index >= 15 is 0 Å². The molecule has 0 aliphatic carbocycles. The zero-order valence-electron chi connectivity index (χ0n) is 7.52. The highest BCUT2D eigenvalue weighted by Crippen LogP contribution is 2.13. The Labute approximate surface area is 87.9 Å². The van der Waals surface area contributed by atoms with E-state index in [4.69, 9.17) is 5.11 Å². The molecule has 0 aromatic rings. The number of alkyl halides is 1. The first-order valence-electron chi connectivity index (χ1n) is 3.67. The molecule has 1 heterocycles. The lowest BCUT2D eigenvalue weighted by atomic mass is 10.2. The van der Waals surface area contributed by atoms with Crippen molar-refractivity contribution in [3.05, 3.63) is 0 Å². The van der Waals surface area contributed by atoms with Crippen LogP contribution in [-0.4, -0.2) is 57.1 Å². The number of nitrogens with zero attached hydrogens (tertiary/aromatic N) is 2. The van der Waals surface area contributed by atoms with E-state index in [1.807, 2.05) is 0 Å². The van der Waals surface area contributed by atoms with E-state index in [9.17, 15) is 14.4 Å². The van der Waals surface area contributed by atoms with Gasteiger partial charge in [-0.3, -0.25) is 0 Å². The van der Waals surface area contributed by atoms with Crippen LogP contribution < -0.4 is 0 Å². The number of carbonyl (C=O) groups is 3. The highest BCUT2D eigenvalue weighted by Gasteiger charge is 2.46. The van der Waals surface area contributed by atoms with E-state index in [0.717, 1.165) is 9.48 Å². The molecule has 14 heavy (non-hydrogen) atoms. The van der Waals surface area contributed by atoms with E-state index in [1.54, 1.807) is 0 Å². The Morgan fingerprint density at radius 3 is 2.50 bits per heavy atom. The second-order valence-corrected chi connectivity index (χ2v) is 3.71. The maximum Gasteiger partial charge on any atom is 0.500 e. The molecule has 0 spiro atoms. The average molecular weight is 264 g/mol. The smallest absolute Gasteiger partial charge is 0.475 e. The predicted octanol–water partition coefficient (Wildman–Crippen LogP) is -0.490. The zero-order valence-corrected chi connectivity index (χ0v) is 9.11. The van der Waals surface area contributed by atoms with E-state index < -0.39 is 22.7 Å². The van der Waals surface area contributed by atoms with E-state index in [2.05, 4.69) is 15.9 Å². The minimum Gasteiger partial charge on any atom is -0.475 e. The first-order chi connectivity index (χ1) is 6.37. The summed E-state index contributed by atoms with van der Waals surface area (Å²) in [5, 5.41) is 8.77. The van der Waals surface area contributed by atoms with Gasteiger partial charge in [-0.05, 0) is 0 Å². The van der Waals surface area contributed by atoms with Gasteiger partial charge < -0.3 is 5.11 Å². The fraction of sp³-hybridized carbons (Fsp3) is 0.429. The van der Waals surface area contributed by atoms with Gasteiger partial charge in [0, 0.05) is 0 Å². The van der Waals surface area contributed by atoms with Gasteiger partial charge >= 0.3 is 17.9 Å². The summed E-state index contributed by atoms with van der Waals surface area (Å²) in [4.78, 5) is 33.3. The summed E-state index contributed by atoms with van der Waals surface area (Å²) >= 11 is 2.93. The van der Waals surface area contributed by atoms with Crippen molar-refractivity contribution >= 4 is 39.5 Å². The number of amides is 3. The summed E-state index contributed by atoms with van der Waals surface area (Å²) in [5.74, 6) is -1.87. The summed E-state index contributed by atoms with van der Waals surface area (Å²) in [7, 11) is 2.61. The highest BCUT2D eigenvalue weighted by atomic mass is 79.9. The molecule has 1 rings (SSSR count). The Balaban J connectivity index is 3.31. The molecule has 0 aromatic carbocycles. The fourth-order valence-electron chi connectivity index (χ4n) is 1.13. The van der Waals surface area contributed by atoms with Crippen LogP contribution in [0.2, 0.25) is 0 Å². The Hall–Kier alpha value is -1.24. The monoisotopic (exact) mass is 263 g/mol. The van der Waals surface area contributed by atoms with Crippen molar-refractivity contribution in [3.63, 3.8) is 0 Å². The molecule has 0 aromatic heterocycles. The number of imide groups is 1. The molecule has 0 bridgehead atoms. The van der Waals surface area contributed by atoms with Gasteiger partial charge in [-0.15, -0.1) is 0 Å². The van der Waals surface area contributed by atoms with Gasteiger partial charge in [0.25, 0.3) is 0 Å². The van der Waals surface area contributed by atoms with Crippen LogP contribution >= 0.6 is 15.9 Å². The van der Waals surface area contributed by atoms with Gasteiger partial charge in [0.2, 0.25) is 5.71 Å². The predicted molar refractivity (Wildman–Crippen MR) is 49.7 cm³/mol. The maximum absolute atomic E-state index is 11.3. The van der Waals surface area contributed by atoms with Gasteiger partial charge in [-0.1, -0.05) is 15.9 Å². The van der Waals surface area contributed by atoms with Gasteiger partial charge in [-0.25, -0.2) is 9.59 Å². The lowest BCUT2D eigenvalue weighted by molar-refractivity contribution is -0.404. The lowest BCUT2D eigenvalue weighted by Crippen LogP contribution is -2.55. The molecule has 1 aliphatic heterocycles. The number of carboxylic acids is 1. The number of halogens is 1. The van der Waals surface area contributed by atoms with Gasteiger partial charge in [-0.2, -0.15) is 14.3 Å². The first kappa shape index (κ1) is 10.8. The number of hydrogen-bond donors (Lipinski definition) is 1. The molecule has 0 radical (unpaired) electrons. The van der Waals surface area contributed by atoms with Crippen molar-refractivity contribution in [2.75, 3.05) is 14.1 Å². The molecule has 7 heteroatoms. The van der Waals surface area contributed by atoms with Crippen LogP contribution in [0.25, 0.3) is 0 Å². The lowest BCUT2D eigenvalue weighted by Gasteiger charge is -2.18. The molecular weight excluding hydrogens is 256 g/mol. The Morgan fingerprint density at radius 2 is 2.07 bits per heavy atom. The van der Waals surface area contributed by atoms with Crippen LogP contribution in [0.5, 0.6) is 0 Å². The number of carbonyl (C=O) groups excluding carboxylic acids is 2. The summed E-state index contributed by atoms with van der Waals surface area (Å²) in [6.45, 7) is 0. The number of aliphatic carboxylic acids is 1. The van der Waals surface area contributed by atoms with Crippen molar-refractivity contribution in [2.45, 2.75) is 4.83 Å². The largest absolute Gasteiger partial charge is 0.500 e. The molecule has 0 fully saturated rings. The zero-order chi connectivity index (χ0) is 11.0. The summed E-state index contributed by atoms with van der Waals surface area (Å²) in [6.07, 6.45) is 0. The average Bonchev–Trinajstić information content (AvgIpc) is 2.11. The second kappa shape index (κ2) is 3.49. The molecule has 6 nitrogen and oxygen atoms in total. The Kier molecular flexibility index (Phi) is 2.70. The van der Waals surface area contributed by atoms with Crippen LogP contribution in [0.15, 0.2) is 0 Å². The number of carboxylic acid groups (broad SMARTS) is 1. The first-order valence-corrected chi connectivity index (χ1v) is 4.59. The third kappa shape index (κ3) is 1.43. The van der Waals surface area contributed by atoms with E-state index in [-0.39, 0.29) is 5.71 Å². The fourth-order valence-corrected chi connectivity index (χ4v) is 1.94. The third-order valence-electron chi connectivity index (χ3n) is 1.94. The minimum atomic E-state index is -1.29. The van der Waals surface area contributed by atoms with Crippen LogP contribution in [-0.2, 0) is 9.59 Å². The molecular formula is C7H8BrN2O4+. The normalized spacial score (nSPS) is 23.1. The molecule has 76 valence electrons. The van der Waals surface area contributed by atoms with Gasteiger partial charge in [0.1, 0.15) is 0 Å². The van der Waals surface area contributed by atoms with Crippen LogP contribution in [0, 0.1) is 0 Å². The topological polar surface area (TPSA) is 77.7 Å². The molecule has 1 N–H and O–H groups in total. The molecule has 1 unspecified atom stereocenters. The Bertz CT molecular complexity index is 363. The van der Waals surface area contributed by atoms with Crippen molar-refractivity contribution in [3.8, 4) is 0 Å². The number of urea groups is 1. The summed E-state index contributed by atoms with van der Waals surface area (Å²) in [5.41, 5.74) is -0.266. The van der Waals surface area contributed by atoms with Gasteiger partial charge in [0.05, 0.1) is 14.1 Å². The van der Waals surface area contributed by atoms with Crippen LogP contribution in [0.4, 0.5) is 4.79 Å². The molecule has 0 saturated carbocycles. The molecule has 1 aliphatic rings. The highest BCUT2D eigenvalue weighted by molar-refractivity contribution is 9.10.